The van der Waals surface area contributed by atoms with Crippen LogP contribution in [0, 0.1) is 0 Å². The van der Waals surface area contributed by atoms with Gasteiger partial charge in [0, 0.05) is 23.4 Å². The lowest BCUT2D eigenvalue weighted by Crippen LogP contribution is -2.14. The van der Waals surface area contributed by atoms with Gasteiger partial charge in [0.05, 0.1) is 37.5 Å². The van der Waals surface area contributed by atoms with E-state index in [1.165, 1.54) is 0 Å². The SMILES string of the molecule is COc1ccc(-c2ccc(C(=O)CC(=S)Nc3cccnc3)cc2)c(OC)c1. The maximum absolute atomic E-state index is 12.5. The Morgan fingerprint density at radius 3 is 2.50 bits per heavy atom. The predicted octanol–water partition coefficient (Wildman–Crippen LogP) is 4.78. The number of ketones is 1. The van der Waals surface area contributed by atoms with Crippen molar-refractivity contribution in [1.82, 2.24) is 4.98 Å². The second-order valence-corrected chi connectivity index (χ2v) is 6.53. The van der Waals surface area contributed by atoms with E-state index in [-0.39, 0.29) is 12.2 Å². The molecule has 0 atom stereocenters. The van der Waals surface area contributed by atoms with Crippen molar-refractivity contribution in [2.24, 2.45) is 0 Å². The number of pyridine rings is 1. The molecule has 0 saturated heterocycles. The number of hydrogen-bond acceptors (Lipinski definition) is 5. The summed E-state index contributed by atoms with van der Waals surface area (Å²) < 4.78 is 10.7. The summed E-state index contributed by atoms with van der Waals surface area (Å²) in [5, 5.41) is 3.03. The molecule has 0 aliphatic rings. The van der Waals surface area contributed by atoms with E-state index < -0.39 is 0 Å². The van der Waals surface area contributed by atoms with E-state index in [0.29, 0.717) is 16.3 Å². The zero-order valence-corrected chi connectivity index (χ0v) is 16.5. The Morgan fingerprint density at radius 1 is 1.07 bits per heavy atom. The maximum Gasteiger partial charge on any atom is 0.169 e. The summed E-state index contributed by atoms with van der Waals surface area (Å²) in [4.78, 5) is 17.0. The Hall–Kier alpha value is -3.25. The highest BCUT2D eigenvalue weighted by Gasteiger charge is 2.12. The van der Waals surface area contributed by atoms with Crippen molar-refractivity contribution in [3.63, 3.8) is 0 Å². The summed E-state index contributed by atoms with van der Waals surface area (Å²) in [5.74, 6) is 1.39. The smallest absolute Gasteiger partial charge is 0.169 e. The second-order valence-electron chi connectivity index (χ2n) is 6.03. The maximum atomic E-state index is 12.5. The average molecular weight is 392 g/mol. The molecule has 1 N–H and O–H groups in total. The molecule has 142 valence electrons. The summed E-state index contributed by atoms with van der Waals surface area (Å²) in [6.45, 7) is 0. The molecule has 0 fully saturated rings. The minimum Gasteiger partial charge on any atom is -0.497 e. The number of rotatable bonds is 7. The van der Waals surface area contributed by atoms with Crippen molar-refractivity contribution in [3.05, 3.63) is 72.6 Å². The molecule has 6 heteroatoms. The first-order chi connectivity index (χ1) is 13.6. The fraction of sp³-hybridized carbons (Fsp3) is 0.136. The largest absolute Gasteiger partial charge is 0.497 e. The number of carbonyl (C=O) groups is 1. The van der Waals surface area contributed by atoms with Crippen LogP contribution in [0.4, 0.5) is 5.69 Å². The van der Waals surface area contributed by atoms with Gasteiger partial charge >= 0.3 is 0 Å². The lowest BCUT2D eigenvalue weighted by atomic mass is 10.0. The van der Waals surface area contributed by atoms with E-state index in [9.17, 15) is 4.79 Å². The molecule has 0 radical (unpaired) electrons. The van der Waals surface area contributed by atoms with Gasteiger partial charge < -0.3 is 14.8 Å². The molecule has 3 aromatic rings. The topological polar surface area (TPSA) is 60.5 Å². The van der Waals surface area contributed by atoms with Gasteiger partial charge in [0.25, 0.3) is 0 Å². The minimum atomic E-state index is -0.0466. The van der Waals surface area contributed by atoms with Crippen LogP contribution in [0.15, 0.2) is 67.0 Å². The Kier molecular flexibility index (Phi) is 6.34. The van der Waals surface area contributed by atoms with Gasteiger partial charge in [-0.15, -0.1) is 0 Å². The zero-order valence-electron chi connectivity index (χ0n) is 15.6. The monoisotopic (exact) mass is 392 g/mol. The van der Waals surface area contributed by atoms with E-state index >= 15 is 0 Å². The number of aromatic nitrogens is 1. The molecule has 0 amide bonds. The molecule has 0 saturated carbocycles. The molecule has 5 nitrogen and oxygen atoms in total. The van der Waals surface area contributed by atoms with Gasteiger partial charge in [0.2, 0.25) is 0 Å². The van der Waals surface area contributed by atoms with Gasteiger partial charge in [0.1, 0.15) is 11.5 Å². The van der Waals surface area contributed by atoms with Crippen molar-refractivity contribution in [2.45, 2.75) is 6.42 Å². The normalized spacial score (nSPS) is 10.2. The standard InChI is InChI=1S/C22H20N2O3S/c1-26-18-9-10-19(21(12-18)27-2)15-5-7-16(8-6-15)20(25)13-22(28)24-17-4-3-11-23-14-17/h3-12,14H,13H2,1-2H3,(H,24,28). The first-order valence-electron chi connectivity index (χ1n) is 8.66. The van der Waals surface area contributed by atoms with Crippen LogP contribution in [0.25, 0.3) is 11.1 Å². The number of nitrogens with one attached hydrogen (secondary N) is 1. The van der Waals surface area contributed by atoms with Crippen molar-refractivity contribution < 1.29 is 14.3 Å². The number of Topliss-reactive ketones (excluding diaryl/α,β-unsaturated/α-hetero) is 1. The molecule has 28 heavy (non-hydrogen) atoms. The first-order valence-corrected chi connectivity index (χ1v) is 9.07. The van der Waals surface area contributed by atoms with Crippen LogP contribution < -0.4 is 14.8 Å². The van der Waals surface area contributed by atoms with Crippen LogP contribution in [0.5, 0.6) is 11.5 Å². The summed E-state index contributed by atoms with van der Waals surface area (Å²) in [6.07, 6.45) is 3.47. The molecule has 2 aromatic carbocycles. The Labute approximate surface area is 169 Å². The van der Waals surface area contributed by atoms with E-state index in [2.05, 4.69) is 10.3 Å². The molecule has 0 aliphatic heterocycles. The molecule has 1 heterocycles. The van der Waals surface area contributed by atoms with Crippen molar-refractivity contribution in [2.75, 3.05) is 19.5 Å². The van der Waals surface area contributed by atoms with Gasteiger partial charge in [-0.25, -0.2) is 0 Å². The molecule has 1 aromatic heterocycles. The summed E-state index contributed by atoms with van der Waals surface area (Å²) in [6, 6.07) is 16.7. The van der Waals surface area contributed by atoms with E-state index in [1.54, 1.807) is 44.8 Å². The fourth-order valence-electron chi connectivity index (χ4n) is 2.76. The molecule has 0 unspecified atom stereocenters. The van der Waals surface area contributed by atoms with E-state index in [1.807, 2.05) is 36.4 Å². The highest BCUT2D eigenvalue weighted by molar-refractivity contribution is 7.80. The van der Waals surface area contributed by atoms with Crippen LogP contribution in [-0.4, -0.2) is 30.0 Å². The van der Waals surface area contributed by atoms with Gasteiger partial charge in [-0.05, 0) is 29.8 Å². The third kappa shape index (κ3) is 4.72. The molecular weight excluding hydrogens is 372 g/mol. The lowest BCUT2D eigenvalue weighted by molar-refractivity contribution is 0.100. The van der Waals surface area contributed by atoms with Crippen molar-refractivity contribution >= 4 is 28.7 Å². The summed E-state index contributed by atoms with van der Waals surface area (Å²) in [7, 11) is 3.23. The highest BCUT2D eigenvalue weighted by Crippen LogP contribution is 2.33. The van der Waals surface area contributed by atoms with Gasteiger partial charge in [-0.3, -0.25) is 9.78 Å². The number of nitrogens with zero attached hydrogens (tertiary/aromatic N) is 1. The fourth-order valence-corrected chi connectivity index (χ4v) is 3.01. The van der Waals surface area contributed by atoms with Gasteiger partial charge in [0.15, 0.2) is 5.78 Å². The van der Waals surface area contributed by atoms with E-state index in [0.717, 1.165) is 22.6 Å². The summed E-state index contributed by atoms with van der Waals surface area (Å²) >= 11 is 5.28. The van der Waals surface area contributed by atoms with Crippen molar-refractivity contribution in [1.29, 1.82) is 0 Å². The summed E-state index contributed by atoms with van der Waals surface area (Å²) in [5.41, 5.74) is 3.25. The number of methoxy groups -OCH3 is 2. The lowest BCUT2D eigenvalue weighted by Gasteiger charge is -2.11. The number of anilines is 1. The Balaban J connectivity index is 1.70. The van der Waals surface area contributed by atoms with Gasteiger partial charge in [-0.1, -0.05) is 36.5 Å². The molecule has 0 spiro atoms. The number of hydrogen-bond donors (Lipinski definition) is 1. The second kappa shape index (κ2) is 9.10. The number of thiocarbonyl (C=S) groups is 1. The van der Waals surface area contributed by atoms with Crippen LogP contribution in [-0.2, 0) is 0 Å². The first kappa shape index (κ1) is 19.5. The molecule has 0 aliphatic carbocycles. The van der Waals surface area contributed by atoms with Crippen LogP contribution in [0.3, 0.4) is 0 Å². The van der Waals surface area contributed by atoms with Crippen LogP contribution >= 0.6 is 12.2 Å². The van der Waals surface area contributed by atoms with Crippen LogP contribution in [0.1, 0.15) is 16.8 Å². The number of carbonyl (C=O) groups excluding carboxylic acids is 1. The molecule has 0 bridgehead atoms. The zero-order chi connectivity index (χ0) is 19.9. The Morgan fingerprint density at radius 2 is 1.86 bits per heavy atom. The third-order valence-electron chi connectivity index (χ3n) is 4.19. The number of ether oxygens (including phenoxy) is 2. The van der Waals surface area contributed by atoms with Crippen molar-refractivity contribution in [3.8, 4) is 22.6 Å². The average Bonchev–Trinajstić information content (AvgIpc) is 2.74. The minimum absolute atomic E-state index is 0.0466. The Bertz CT molecular complexity index is 973. The van der Waals surface area contributed by atoms with E-state index in [4.69, 9.17) is 21.7 Å². The quantitative estimate of drug-likeness (QED) is 0.461. The molecular formula is C22H20N2O3S. The number of benzene rings is 2. The van der Waals surface area contributed by atoms with Gasteiger partial charge in [-0.2, -0.15) is 0 Å². The highest BCUT2D eigenvalue weighted by atomic mass is 32.1. The van der Waals surface area contributed by atoms with Crippen LogP contribution in [0.2, 0.25) is 0 Å². The third-order valence-corrected chi connectivity index (χ3v) is 4.44. The molecule has 3 rings (SSSR count). The predicted molar refractivity (Wildman–Crippen MR) is 114 cm³/mol.